The van der Waals surface area contributed by atoms with Crippen LogP contribution in [0, 0.1) is 17.8 Å². The molecule has 0 aromatic carbocycles. The molecule has 3 rings (SSSR count). The number of piperidine rings is 1. The maximum atomic E-state index is 12.4. The van der Waals surface area contributed by atoms with Gasteiger partial charge < -0.3 is 14.9 Å². The zero-order valence-corrected chi connectivity index (χ0v) is 12.2. The molecule has 2 heterocycles. The Bertz CT molecular complexity index is 461. The third kappa shape index (κ3) is 3.04. The molecule has 0 aromatic heterocycles. The van der Waals surface area contributed by atoms with E-state index in [1.807, 2.05) is 0 Å². The van der Waals surface area contributed by atoms with E-state index < -0.39 is 11.9 Å². The number of rotatable bonds is 4. The van der Waals surface area contributed by atoms with Gasteiger partial charge in [-0.25, -0.2) is 0 Å². The Labute approximate surface area is 124 Å². The maximum absolute atomic E-state index is 12.4. The normalized spacial score (nSPS) is 29.8. The first-order valence-electron chi connectivity index (χ1n) is 7.84. The van der Waals surface area contributed by atoms with E-state index in [0.717, 1.165) is 25.7 Å². The summed E-state index contributed by atoms with van der Waals surface area (Å²) in [6, 6.07) is 0. The first-order valence-corrected chi connectivity index (χ1v) is 7.84. The molecule has 0 spiro atoms. The molecule has 2 saturated heterocycles. The Balaban J connectivity index is 1.60. The van der Waals surface area contributed by atoms with Gasteiger partial charge in [-0.05, 0) is 37.5 Å². The molecule has 2 aliphatic heterocycles. The summed E-state index contributed by atoms with van der Waals surface area (Å²) in [4.78, 5) is 38.7. The summed E-state index contributed by atoms with van der Waals surface area (Å²) in [7, 11) is 0. The lowest BCUT2D eigenvalue weighted by Crippen LogP contribution is -2.44. The average molecular weight is 294 g/mol. The van der Waals surface area contributed by atoms with E-state index in [-0.39, 0.29) is 24.3 Å². The van der Waals surface area contributed by atoms with Crippen LogP contribution < -0.4 is 0 Å². The minimum absolute atomic E-state index is 0.0438. The van der Waals surface area contributed by atoms with Gasteiger partial charge in [0.1, 0.15) is 0 Å². The number of carbonyl (C=O) groups excluding carboxylic acids is 2. The van der Waals surface area contributed by atoms with Crippen LogP contribution in [0.5, 0.6) is 0 Å². The van der Waals surface area contributed by atoms with Crippen molar-refractivity contribution in [2.75, 3.05) is 26.2 Å². The van der Waals surface area contributed by atoms with E-state index in [4.69, 9.17) is 0 Å². The molecule has 3 fully saturated rings. The van der Waals surface area contributed by atoms with Crippen molar-refractivity contribution in [3.63, 3.8) is 0 Å². The summed E-state index contributed by atoms with van der Waals surface area (Å²) in [5.41, 5.74) is 0. The van der Waals surface area contributed by atoms with Gasteiger partial charge in [-0.2, -0.15) is 0 Å². The third-order valence-electron chi connectivity index (χ3n) is 5.01. The minimum Gasteiger partial charge on any atom is -0.481 e. The van der Waals surface area contributed by atoms with Crippen molar-refractivity contribution < 1.29 is 19.5 Å². The van der Waals surface area contributed by atoms with Gasteiger partial charge in [0.15, 0.2) is 0 Å². The van der Waals surface area contributed by atoms with Gasteiger partial charge in [0, 0.05) is 26.1 Å². The molecule has 1 N–H and O–H groups in total. The molecule has 0 unspecified atom stereocenters. The number of aliphatic carboxylic acids is 1. The third-order valence-corrected chi connectivity index (χ3v) is 5.01. The smallest absolute Gasteiger partial charge is 0.308 e. The molecule has 0 radical (unpaired) electrons. The van der Waals surface area contributed by atoms with Gasteiger partial charge in [-0.15, -0.1) is 0 Å². The number of carboxylic acids is 1. The second kappa shape index (κ2) is 5.66. The van der Waals surface area contributed by atoms with Gasteiger partial charge >= 0.3 is 5.97 Å². The van der Waals surface area contributed by atoms with Crippen molar-refractivity contribution in [2.24, 2.45) is 17.8 Å². The lowest BCUT2D eigenvalue weighted by atomic mass is 9.92. The van der Waals surface area contributed by atoms with Crippen LogP contribution in [-0.2, 0) is 14.4 Å². The summed E-state index contributed by atoms with van der Waals surface area (Å²) in [5, 5.41) is 9.32. The molecule has 0 aromatic rings. The number of carboxylic acid groups (broad SMARTS) is 1. The highest BCUT2D eigenvalue weighted by Crippen LogP contribution is 2.44. The second-order valence-corrected chi connectivity index (χ2v) is 6.52. The molecule has 1 saturated carbocycles. The Morgan fingerprint density at radius 1 is 1.19 bits per heavy atom. The molecule has 6 nitrogen and oxygen atoms in total. The molecule has 2 atom stereocenters. The van der Waals surface area contributed by atoms with Crippen molar-refractivity contribution in [1.29, 1.82) is 0 Å². The Kier molecular flexibility index (Phi) is 3.87. The first-order chi connectivity index (χ1) is 10.1. The maximum Gasteiger partial charge on any atom is 0.308 e. The number of hydrogen-bond donors (Lipinski definition) is 1. The van der Waals surface area contributed by atoms with Crippen molar-refractivity contribution in [2.45, 2.75) is 32.1 Å². The molecule has 6 heteroatoms. The van der Waals surface area contributed by atoms with Gasteiger partial charge in [0.05, 0.1) is 12.5 Å². The predicted molar refractivity (Wildman–Crippen MR) is 74.4 cm³/mol. The number of likely N-dealkylation sites (tertiary alicyclic amines) is 2. The highest BCUT2D eigenvalue weighted by molar-refractivity contribution is 5.86. The minimum atomic E-state index is -0.795. The fourth-order valence-corrected chi connectivity index (χ4v) is 3.59. The quantitative estimate of drug-likeness (QED) is 0.822. The van der Waals surface area contributed by atoms with Crippen molar-refractivity contribution in [1.82, 2.24) is 9.80 Å². The molecule has 2 amide bonds. The van der Waals surface area contributed by atoms with E-state index in [9.17, 15) is 19.5 Å². The molecule has 0 bridgehead atoms. The van der Waals surface area contributed by atoms with Crippen LogP contribution >= 0.6 is 0 Å². The Morgan fingerprint density at radius 2 is 1.95 bits per heavy atom. The van der Waals surface area contributed by atoms with E-state index in [1.165, 1.54) is 0 Å². The van der Waals surface area contributed by atoms with Crippen LogP contribution in [0.25, 0.3) is 0 Å². The lowest BCUT2D eigenvalue weighted by molar-refractivity contribution is -0.144. The second-order valence-electron chi connectivity index (χ2n) is 6.52. The first kappa shape index (κ1) is 14.4. The van der Waals surface area contributed by atoms with Gasteiger partial charge in [0.2, 0.25) is 11.8 Å². The molecular weight excluding hydrogens is 272 g/mol. The number of carbonyl (C=O) groups is 3. The predicted octanol–water partition coefficient (Wildman–Crippen LogP) is 0.568. The molecule has 1 aliphatic carbocycles. The summed E-state index contributed by atoms with van der Waals surface area (Å²) >= 11 is 0. The van der Waals surface area contributed by atoms with Crippen molar-refractivity contribution in [3.05, 3.63) is 0 Å². The van der Waals surface area contributed by atoms with E-state index in [0.29, 0.717) is 32.0 Å². The van der Waals surface area contributed by atoms with E-state index >= 15 is 0 Å². The lowest BCUT2D eigenvalue weighted by Gasteiger charge is -2.28. The largest absolute Gasteiger partial charge is 0.481 e. The number of hydrogen-bond acceptors (Lipinski definition) is 3. The van der Waals surface area contributed by atoms with E-state index in [1.54, 1.807) is 9.80 Å². The zero-order chi connectivity index (χ0) is 15.0. The number of nitrogens with zero attached hydrogens (tertiary/aromatic N) is 2. The Hall–Kier alpha value is -1.59. The standard InChI is InChI=1S/C15H22N2O4/c18-13-3-1-2-6-16(13)9-14(19)17-7-11(10-4-5-10)12(8-17)15(20)21/h10-12H,1-9H2,(H,20,21)/t11-,12+/m0/s1. The van der Waals surface area contributed by atoms with Crippen LogP contribution in [0.4, 0.5) is 0 Å². The van der Waals surface area contributed by atoms with Crippen LogP contribution in [-0.4, -0.2) is 58.9 Å². The molecular formula is C15H22N2O4. The average Bonchev–Trinajstić information content (AvgIpc) is 3.19. The molecule has 116 valence electrons. The zero-order valence-electron chi connectivity index (χ0n) is 12.2. The van der Waals surface area contributed by atoms with Gasteiger partial charge in [-0.1, -0.05) is 0 Å². The summed E-state index contributed by atoms with van der Waals surface area (Å²) < 4.78 is 0. The van der Waals surface area contributed by atoms with Crippen molar-refractivity contribution in [3.8, 4) is 0 Å². The van der Waals surface area contributed by atoms with Crippen LogP contribution in [0.3, 0.4) is 0 Å². The molecule has 3 aliphatic rings. The molecule has 21 heavy (non-hydrogen) atoms. The van der Waals surface area contributed by atoms with Gasteiger partial charge in [0.25, 0.3) is 0 Å². The van der Waals surface area contributed by atoms with Crippen LogP contribution in [0.15, 0.2) is 0 Å². The highest BCUT2D eigenvalue weighted by Gasteiger charge is 2.46. The van der Waals surface area contributed by atoms with Crippen molar-refractivity contribution >= 4 is 17.8 Å². The number of amides is 2. The summed E-state index contributed by atoms with van der Waals surface area (Å²) in [5.74, 6) is -0.708. The van der Waals surface area contributed by atoms with Gasteiger partial charge in [-0.3, -0.25) is 14.4 Å². The summed E-state index contributed by atoms with van der Waals surface area (Å²) in [6.07, 6.45) is 4.54. The van der Waals surface area contributed by atoms with Crippen LogP contribution in [0.1, 0.15) is 32.1 Å². The topological polar surface area (TPSA) is 77.9 Å². The Morgan fingerprint density at radius 3 is 2.57 bits per heavy atom. The fraction of sp³-hybridized carbons (Fsp3) is 0.800. The highest BCUT2D eigenvalue weighted by atomic mass is 16.4. The van der Waals surface area contributed by atoms with E-state index in [2.05, 4.69) is 0 Å². The monoisotopic (exact) mass is 294 g/mol. The fourth-order valence-electron chi connectivity index (χ4n) is 3.59. The van der Waals surface area contributed by atoms with Crippen LogP contribution in [0.2, 0.25) is 0 Å². The SMILES string of the molecule is O=C(O)[C@@H]1CN(C(=O)CN2CCCCC2=O)C[C@H]1C1CC1. The summed E-state index contributed by atoms with van der Waals surface area (Å²) in [6.45, 7) is 1.61.